The van der Waals surface area contributed by atoms with E-state index in [4.69, 9.17) is 0 Å². The summed E-state index contributed by atoms with van der Waals surface area (Å²) in [6.07, 6.45) is 5.05. The van der Waals surface area contributed by atoms with Crippen LogP contribution in [0.2, 0.25) is 0 Å². The second-order valence-corrected chi connectivity index (χ2v) is 5.63. The number of nitro benzene ring substituents is 1. The number of nitrogens with one attached hydrogen (secondary N) is 1. The largest absolute Gasteiger partial charge is 0.309 e. The molecule has 0 amide bonds. The Bertz CT molecular complexity index is 450. The van der Waals surface area contributed by atoms with Crippen molar-refractivity contribution < 1.29 is 4.92 Å². The van der Waals surface area contributed by atoms with E-state index in [9.17, 15) is 10.1 Å². The molecule has 0 saturated heterocycles. The van der Waals surface area contributed by atoms with Crippen molar-refractivity contribution >= 4 is 5.69 Å². The Morgan fingerprint density at radius 2 is 2.11 bits per heavy atom. The van der Waals surface area contributed by atoms with Crippen molar-refractivity contribution in [3.8, 4) is 0 Å². The summed E-state index contributed by atoms with van der Waals surface area (Å²) >= 11 is 0. The van der Waals surface area contributed by atoms with E-state index in [1.54, 1.807) is 12.1 Å². The lowest BCUT2D eigenvalue weighted by atomic mass is 9.67. The van der Waals surface area contributed by atoms with Crippen LogP contribution in [0.3, 0.4) is 0 Å². The van der Waals surface area contributed by atoms with Crippen molar-refractivity contribution in [3.05, 3.63) is 39.9 Å². The van der Waals surface area contributed by atoms with Crippen LogP contribution in [0.25, 0.3) is 0 Å². The summed E-state index contributed by atoms with van der Waals surface area (Å²) in [5.41, 5.74) is 1.41. The molecule has 1 aliphatic rings. The molecule has 4 nitrogen and oxygen atoms in total. The Morgan fingerprint density at radius 1 is 1.42 bits per heavy atom. The van der Waals surface area contributed by atoms with Gasteiger partial charge < -0.3 is 5.32 Å². The van der Waals surface area contributed by atoms with Gasteiger partial charge in [0, 0.05) is 24.2 Å². The molecule has 19 heavy (non-hydrogen) atoms. The maximum Gasteiger partial charge on any atom is 0.274 e. The smallest absolute Gasteiger partial charge is 0.274 e. The zero-order chi connectivity index (χ0) is 13.9. The van der Waals surface area contributed by atoms with E-state index < -0.39 is 0 Å². The average molecular weight is 262 g/mol. The molecule has 1 fully saturated rings. The molecular formula is C15H22N2O2. The first-order chi connectivity index (χ1) is 9.08. The standard InChI is InChI=1S/C15H22N2O2/c1-3-15(9-6-10-15)11-16-12(2)13-7-4-5-8-14(13)17(18)19/h4-5,7-8,12,16H,3,6,9-11H2,1-2H3. The maximum atomic E-state index is 11.0. The van der Waals surface area contributed by atoms with Gasteiger partial charge in [-0.15, -0.1) is 0 Å². The quantitative estimate of drug-likeness (QED) is 0.626. The van der Waals surface area contributed by atoms with E-state index in [1.165, 1.54) is 25.7 Å². The fourth-order valence-electron chi connectivity index (χ4n) is 2.83. The molecule has 1 aromatic rings. The van der Waals surface area contributed by atoms with E-state index in [0.717, 1.165) is 12.1 Å². The van der Waals surface area contributed by atoms with E-state index in [2.05, 4.69) is 12.2 Å². The lowest BCUT2D eigenvalue weighted by Gasteiger charge is -2.42. The molecule has 1 atom stereocenters. The molecule has 1 aliphatic carbocycles. The minimum absolute atomic E-state index is 0.0191. The van der Waals surface area contributed by atoms with Crippen molar-refractivity contribution in [2.24, 2.45) is 5.41 Å². The van der Waals surface area contributed by atoms with Crippen LogP contribution in [0.4, 0.5) is 5.69 Å². The summed E-state index contributed by atoms with van der Waals surface area (Å²) in [4.78, 5) is 10.7. The van der Waals surface area contributed by atoms with Crippen molar-refractivity contribution in [3.63, 3.8) is 0 Å². The lowest BCUT2D eigenvalue weighted by Crippen LogP contribution is -2.40. The molecule has 1 aromatic carbocycles. The molecule has 1 saturated carbocycles. The second-order valence-electron chi connectivity index (χ2n) is 5.63. The van der Waals surface area contributed by atoms with Crippen molar-refractivity contribution in [1.29, 1.82) is 0 Å². The van der Waals surface area contributed by atoms with Gasteiger partial charge in [-0.1, -0.05) is 31.5 Å². The van der Waals surface area contributed by atoms with Gasteiger partial charge in [0.1, 0.15) is 0 Å². The first-order valence-corrected chi connectivity index (χ1v) is 7.05. The molecule has 0 radical (unpaired) electrons. The number of nitrogens with zero attached hydrogens (tertiary/aromatic N) is 1. The number of rotatable bonds is 6. The Balaban J connectivity index is 2.04. The molecule has 0 heterocycles. The minimum Gasteiger partial charge on any atom is -0.309 e. The third-order valence-electron chi connectivity index (χ3n) is 4.55. The number of hydrogen-bond donors (Lipinski definition) is 1. The highest BCUT2D eigenvalue weighted by Gasteiger charge is 2.35. The normalized spacial score (nSPS) is 18.6. The van der Waals surface area contributed by atoms with Gasteiger partial charge in [-0.3, -0.25) is 10.1 Å². The van der Waals surface area contributed by atoms with Crippen molar-refractivity contribution in [2.45, 2.75) is 45.6 Å². The molecule has 0 aromatic heterocycles. The highest BCUT2D eigenvalue weighted by Crippen LogP contribution is 2.43. The highest BCUT2D eigenvalue weighted by atomic mass is 16.6. The molecule has 1 N–H and O–H groups in total. The first kappa shape index (κ1) is 14.0. The van der Waals surface area contributed by atoms with Gasteiger partial charge in [0.2, 0.25) is 0 Å². The fraction of sp³-hybridized carbons (Fsp3) is 0.600. The third-order valence-corrected chi connectivity index (χ3v) is 4.55. The van der Waals surface area contributed by atoms with Crippen LogP contribution < -0.4 is 5.32 Å². The molecule has 0 aliphatic heterocycles. The number of hydrogen-bond acceptors (Lipinski definition) is 3. The predicted molar refractivity (Wildman–Crippen MR) is 76.1 cm³/mol. The van der Waals surface area contributed by atoms with Gasteiger partial charge in [-0.05, 0) is 31.6 Å². The van der Waals surface area contributed by atoms with Crippen LogP contribution in [0, 0.1) is 15.5 Å². The fourth-order valence-corrected chi connectivity index (χ4v) is 2.83. The van der Waals surface area contributed by atoms with Crippen LogP contribution in [-0.4, -0.2) is 11.5 Å². The molecule has 0 spiro atoms. The monoisotopic (exact) mass is 262 g/mol. The average Bonchev–Trinajstić information content (AvgIpc) is 2.37. The van der Waals surface area contributed by atoms with Crippen LogP contribution in [0.1, 0.15) is 51.1 Å². The summed E-state index contributed by atoms with van der Waals surface area (Å²) < 4.78 is 0. The highest BCUT2D eigenvalue weighted by molar-refractivity contribution is 5.41. The Kier molecular flexibility index (Phi) is 4.20. The van der Waals surface area contributed by atoms with Gasteiger partial charge in [0.25, 0.3) is 5.69 Å². The van der Waals surface area contributed by atoms with Gasteiger partial charge >= 0.3 is 0 Å². The number of benzene rings is 1. The molecule has 104 valence electrons. The Morgan fingerprint density at radius 3 is 2.63 bits per heavy atom. The van der Waals surface area contributed by atoms with Crippen LogP contribution in [-0.2, 0) is 0 Å². The number of nitro groups is 1. The minimum atomic E-state index is -0.299. The Hall–Kier alpha value is -1.42. The van der Waals surface area contributed by atoms with Gasteiger partial charge in [0.05, 0.1) is 4.92 Å². The summed E-state index contributed by atoms with van der Waals surface area (Å²) in [5.74, 6) is 0. The van der Waals surface area contributed by atoms with E-state index in [-0.39, 0.29) is 16.7 Å². The van der Waals surface area contributed by atoms with E-state index in [0.29, 0.717) is 5.41 Å². The van der Waals surface area contributed by atoms with Crippen LogP contribution >= 0.6 is 0 Å². The predicted octanol–water partition coefficient (Wildman–Crippen LogP) is 3.83. The molecule has 2 rings (SSSR count). The van der Waals surface area contributed by atoms with Gasteiger partial charge in [0.15, 0.2) is 0 Å². The first-order valence-electron chi connectivity index (χ1n) is 7.05. The van der Waals surface area contributed by atoms with E-state index >= 15 is 0 Å². The summed E-state index contributed by atoms with van der Waals surface area (Å²) in [7, 11) is 0. The SMILES string of the molecule is CCC1(CNC(C)c2ccccc2[N+](=O)[O-])CCC1. The molecule has 4 heteroatoms. The summed E-state index contributed by atoms with van der Waals surface area (Å²) in [5, 5.41) is 14.5. The molecule has 0 bridgehead atoms. The molecule has 1 unspecified atom stereocenters. The summed E-state index contributed by atoms with van der Waals surface area (Å²) in [6, 6.07) is 7.01. The van der Waals surface area contributed by atoms with Crippen molar-refractivity contribution in [2.75, 3.05) is 6.54 Å². The zero-order valence-corrected chi connectivity index (χ0v) is 11.7. The van der Waals surface area contributed by atoms with Crippen LogP contribution in [0.5, 0.6) is 0 Å². The zero-order valence-electron chi connectivity index (χ0n) is 11.7. The number of para-hydroxylation sites is 1. The van der Waals surface area contributed by atoms with E-state index in [1.807, 2.05) is 19.1 Å². The third kappa shape index (κ3) is 2.95. The lowest BCUT2D eigenvalue weighted by molar-refractivity contribution is -0.385. The Labute approximate surface area is 114 Å². The summed E-state index contributed by atoms with van der Waals surface area (Å²) in [6.45, 7) is 5.19. The van der Waals surface area contributed by atoms with Gasteiger partial charge in [-0.25, -0.2) is 0 Å². The van der Waals surface area contributed by atoms with Gasteiger partial charge in [-0.2, -0.15) is 0 Å². The second kappa shape index (κ2) is 5.70. The molecular weight excluding hydrogens is 240 g/mol. The topological polar surface area (TPSA) is 55.2 Å². The maximum absolute atomic E-state index is 11.0. The van der Waals surface area contributed by atoms with Crippen molar-refractivity contribution in [1.82, 2.24) is 5.32 Å². The van der Waals surface area contributed by atoms with Crippen LogP contribution in [0.15, 0.2) is 24.3 Å².